The molecule has 0 atom stereocenters. The molecule has 0 aliphatic carbocycles. The molecule has 0 saturated heterocycles. The van der Waals surface area contributed by atoms with Crippen LogP contribution in [-0.4, -0.2) is 24.7 Å². The molecule has 2 heterocycles. The number of aryl methyl sites for hydroxylation is 3. The van der Waals surface area contributed by atoms with Gasteiger partial charge in [-0.05, 0) is 32.9 Å². The Morgan fingerprint density at radius 2 is 1.88 bits per heavy atom. The summed E-state index contributed by atoms with van der Waals surface area (Å²) in [6, 6.07) is 3.73. The first kappa shape index (κ1) is 11.7. The quantitative estimate of drug-likeness (QED) is 0.808. The van der Waals surface area contributed by atoms with Crippen molar-refractivity contribution in [1.29, 1.82) is 0 Å². The lowest BCUT2D eigenvalue weighted by molar-refractivity contribution is 0.767. The van der Waals surface area contributed by atoms with Gasteiger partial charge in [-0.2, -0.15) is 5.10 Å². The second kappa shape index (κ2) is 4.21. The number of nitrogens with two attached hydrogens (primary N) is 1. The predicted octanol–water partition coefficient (Wildman–Crippen LogP) is 1.22. The maximum absolute atomic E-state index is 5.58. The number of hydrogen-bond donors (Lipinski definition) is 1. The lowest BCUT2D eigenvalue weighted by atomic mass is 10.3. The third kappa shape index (κ3) is 2.31. The van der Waals surface area contributed by atoms with E-state index in [1.165, 1.54) is 0 Å². The van der Waals surface area contributed by atoms with E-state index in [-0.39, 0.29) is 4.99 Å². The molecule has 0 aliphatic heterocycles. The van der Waals surface area contributed by atoms with Crippen LogP contribution in [0.3, 0.4) is 0 Å². The van der Waals surface area contributed by atoms with Crippen molar-refractivity contribution < 1.29 is 0 Å². The van der Waals surface area contributed by atoms with Crippen molar-refractivity contribution in [2.24, 2.45) is 5.73 Å². The Hall–Kier alpha value is -1.82. The van der Waals surface area contributed by atoms with Crippen LogP contribution in [0.25, 0.3) is 5.95 Å². The summed E-state index contributed by atoms with van der Waals surface area (Å²) in [6.45, 7) is 5.75. The molecule has 2 aromatic rings. The van der Waals surface area contributed by atoms with Crippen molar-refractivity contribution in [2.75, 3.05) is 0 Å². The molecule has 88 valence electrons. The molecule has 2 aromatic heterocycles. The van der Waals surface area contributed by atoms with Gasteiger partial charge in [0.05, 0.1) is 5.69 Å². The number of hydrogen-bond acceptors (Lipinski definition) is 4. The normalized spacial score (nSPS) is 10.5. The van der Waals surface area contributed by atoms with Crippen LogP contribution in [0.4, 0.5) is 0 Å². The third-order valence-electron chi connectivity index (χ3n) is 2.29. The van der Waals surface area contributed by atoms with E-state index in [1.807, 2.05) is 26.8 Å². The van der Waals surface area contributed by atoms with E-state index < -0.39 is 0 Å². The molecule has 0 spiro atoms. The predicted molar refractivity (Wildman–Crippen MR) is 69.3 cm³/mol. The van der Waals surface area contributed by atoms with E-state index in [0.29, 0.717) is 11.6 Å². The Morgan fingerprint density at radius 1 is 1.18 bits per heavy atom. The SMILES string of the molecule is Cc1cc(C(N)=S)nc(-n2nc(C)cc2C)n1. The summed E-state index contributed by atoms with van der Waals surface area (Å²) in [4.78, 5) is 8.90. The van der Waals surface area contributed by atoms with Crippen molar-refractivity contribution in [1.82, 2.24) is 19.7 Å². The molecule has 0 bridgehead atoms. The second-order valence-electron chi connectivity index (χ2n) is 3.90. The van der Waals surface area contributed by atoms with Crippen LogP contribution >= 0.6 is 12.2 Å². The summed E-state index contributed by atoms with van der Waals surface area (Å²) in [7, 11) is 0. The van der Waals surface area contributed by atoms with E-state index in [0.717, 1.165) is 17.1 Å². The zero-order valence-corrected chi connectivity index (χ0v) is 10.7. The molecule has 2 rings (SSSR count). The summed E-state index contributed by atoms with van der Waals surface area (Å²) >= 11 is 4.93. The molecular formula is C11H13N5S. The highest BCUT2D eigenvalue weighted by atomic mass is 32.1. The molecule has 0 amide bonds. The van der Waals surface area contributed by atoms with Gasteiger partial charge in [-0.25, -0.2) is 14.6 Å². The maximum atomic E-state index is 5.58. The largest absolute Gasteiger partial charge is 0.388 e. The summed E-state index contributed by atoms with van der Waals surface area (Å²) in [5, 5.41) is 4.33. The highest BCUT2D eigenvalue weighted by Crippen LogP contribution is 2.09. The highest BCUT2D eigenvalue weighted by Gasteiger charge is 2.09. The smallest absolute Gasteiger partial charge is 0.251 e. The third-order valence-corrected chi connectivity index (χ3v) is 2.50. The summed E-state index contributed by atoms with van der Waals surface area (Å²) in [6.07, 6.45) is 0. The molecule has 17 heavy (non-hydrogen) atoms. The zero-order valence-electron chi connectivity index (χ0n) is 9.93. The molecule has 0 aromatic carbocycles. The van der Waals surface area contributed by atoms with Crippen molar-refractivity contribution in [3.8, 4) is 5.95 Å². The minimum absolute atomic E-state index is 0.262. The van der Waals surface area contributed by atoms with Gasteiger partial charge >= 0.3 is 0 Å². The van der Waals surface area contributed by atoms with Gasteiger partial charge in [0.2, 0.25) is 0 Å². The Morgan fingerprint density at radius 3 is 2.41 bits per heavy atom. The monoisotopic (exact) mass is 247 g/mol. The summed E-state index contributed by atoms with van der Waals surface area (Å²) in [5.74, 6) is 0.499. The number of rotatable bonds is 2. The standard InChI is InChI=1S/C11H13N5S/c1-6-5-9(10(12)17)14-11(13-6)16-8(3)4-7(2)15-16/h4-5H,1-3H3,(H2,12,17). The van der Waals surface area contributed by atoms with Crippen molar-refractivity contribution in [3.63, 3.8) is 0 Å². The molecule has 5 nitrogen and oxygen atoms in total. The average Bonchev–Trinajstić information content (AvgIpc) is 2.57. The molecule has 0 radical (unpaired) electrons. The van der Waals surface area contributed by atoms with Crippen LogP contribution in [0.15, 0.2) is 12.1 Å². The maximum Gasteiger partial charge on any atom is 0.251 e. The fraction of sp³-hybridized carbons (Fsp3) is 0.273. The first-order valence-electron chi connectivity index (χ1n) is 5.16. The molecule has 0 saturated carbocycles. The van der Waals surface area contributed by atoms with Crippen LogP contribution in [0.5, 0.6) is 0 Å². The van der Waals surface area contributed by atoms with Crippen molar-refractivity contribution in [2.45, 2.75) is 20.8 Å². The van der Waals surface area contributed by atoms with Gasteiger partial charge in [0.1, 0.15) is 10.7 Å². The summed E-state index contributed by atoms with van der Waals surface area (Å²) < 4.78 is 1.68. The second-order valence-corrected chi connectivity index (χ2v) is 4.34. The van der Waals surface area contributed by atoms with Crippen LogP contribution in [0.1, 0.15) is 22.8 Å². The molecule has 0 fully saturated rings. The number of nitrogens with zero attached hydrogens (tertiary/aromatic N) is 4. The molecule has 2 N–H and O–H groups in total. The van der Waals surface area contributed by atoms with E-state index in [9.17, 15) is 0 Å². The van der Waals surface area contributed by atoms with Crippen LogP contribution in [-0.2, 0) is 0 Å². The minimum atomic E-state index is 0.262. The Bertz CT molecular complexity index is 588. The Balaban J connectivity index is 2.59. The lowest BCUT2D eigenvalue weighted by Crippen LogP contribution is -2.15. The van der Waals surface area contributed by atoms with Gasteiger partial charge < -0.3 is 5.73 Å². The van der Waals surface area contributed by atoms with E-state index >= 15 is 0 Å². The zero-order chi connectivity index (χ0) is 12.6. The Kier molecular flexibility index (Phi) is 2.89. The minimum Gasteiger partial charge on any atom is -0.388 e. The van der Waals surface area contributed by atoms with Crippen LogP contribution in [0, 0.1) is 20.8 Å². The fourth-order valence-corrected chi connectivity index (χ4v) is 1.71. The van der Waals surface area contributed by atoms with E-state index in [1.54, 1.807) is 10.7 Å². The molecule has 0 aliphatic rings. The summed E-state index contributed by atoms with van der Waals surface area (Å²) in [5.41, 5.74) is 8.85. The van der Waals surface area contributed by atoms with Crippen LogP contribution in [0.2, 0.25) is 0 Å². The topological polar surface area (TPSA) is 69.6 Å². The molecular weight excluding hydrogens is 234 g/mol. The number of thiocarbonyl (C=S) groups is 1. The van der Waals surface area contributed by atoms with Gasteiger partial charge in [0, 0.05) is 11.4 Å². The lowest BCUT2D eigenvalue weighted by Gasteiger charge is -2.06. The first-order chi connectivity index (χ1) is 7.97. The van der Waals surface area contributed by atoms with Crippen molar-refractivity contribution >= 4 is 17.2 Å². The van der Waals surface area contributed by atoms with E-state index in [2.05, 4.69) is 15.1 Å². The van der Waals surface area contributed by atoms with Gasteiger partial charge in [-0.3, -0.25) is 0 Å². The van der Waals surface area contributed by atoms with Gasteiger partial charge in [0.25, 0.3) is 5.95 Å². The average molecular weight is 247 g/mol. The fourth-order valence-electron chi connectivity index (χ4n) is 1.61. The van der Waals surface area contributed by atoms with Crippen LogP contribution < -0.4 is 5.73 Å². The first-order valence-corrected chi connectivity index (χ1v) is 5.57. The Labute approximate surface area is 105 Å². The molecule has 0 unspecified atom stereocenters. The highest BCUT2D eigenvalue weighted by molar-refractivity contribution is 7.80. The van der Waals surface area contributed by atoms with Gasteiger partial charge in [-0.1, -0.05) is 12.2 Å². The molecule has 6 heteroatoms. The van der Waals surface area contributed by atoms with Gasteiger partial charge in [-0.15, -0.1) is 0 Å². The van der Waals surface area contributed by atoms with Crippen molar-refractivity contribution in [3.05, 3.63) is 34.9 Å². The van der Waals surface area contributed by atoms with E-state index in [4.69, 9.17) is 18.0 Å². The van der Waals surface area contributed by atoms with Gasteiger partial charge in [0.15, 0.2) is 0 Å². The number of aromatic nitrogens is 4.